The van der Waals surface area contributed by atoms with Gasteiger partial charge in [-0.15, -0.1) is 0 Å². The van der Waals surface area contributed by atoms with E-state index in [2.05, 4.69) is 21.3 Å². The zero-order chi connectivity index (χ0) is 26.4. The number of hydrogen-bond acceptors (Lipinski definition) is 8. The fraction of sp³-hybridized carbons (Fsp3) is 0.700. The molecule has 1 aliphatic rings. The molecule has 10 N–H and O–H groups in total. The molecule has 1 unspecified atom stereocenters. The molecule has 1 fully saturated rings. The van der Waals surface area contributed by atoms with Gasteiger partial charge in [0.2, 0.25) is 17.7 Å². The van der Waals surface area contributed by atoms with E-state index >= 15 is 0 Å². The van der Waals surface area contributed by atoms with Crippen molar-refractivity contribution in [3.05, 3.63) is 0 Å². The van der Waals surface area contributed by atoms with Crippen molar-refractivity contribution < 1.29 is 39.0 Å². The lowest BCUT2D eigenvalue weighted by atomic mass is 10.1. The quantitative estimate of drug-likeness (QED) is 0.186. The molecule has 1 rings (SSSR count). The Labute approximate surface area is 202 Å². The van der Waals surface area contributed by atoms with Gasteiger partial charge in [0.1, 0.15) is 18.1 Å². The predicted molar refractivity (Wildman–Crippen MR) is 121 cm³/mol. The van der Waals surface area contributed by atoms with E-state index in [1.165, 1.54) is 6.92 Å². The molecule has 1 heterocycles. The lowest BCUT2D eigenvalue weighted by molar-refractivity contribution is -0.135. The summed E-state index contributed by atoms with van der Waals surface area (Å²) in [6.45, 7) is 0.863. The first kappa shape index (κ1) is 29.6. The third kappa shape index (κ3) is 11.5. The van der Waals surface area contributed by atoms with Crippen LogP contribution >= 0.6 is 0 Å². The lowest BCUT2D eigenvalue weighted by Crippen LogP contribution is -2.60. The van der Waals surface area contributed by atoms with Crippen molar-refractivity contribution >= 4 is 35.6 Å². The molecule has 0 aromatic heterocycles. The van der Waals surface area contributed by atoms with Crippen LogP contribution in [0.15, 0.2) is 0 Å². The van der Waals surface area contributed by atoms with Crippen molar-refractivity contribution in [2.75, 3.05) is 13.2 Å². The Morgan fingerprint density at radius 2 is 1.51 bits per heavy atom. The highest BCUT2D eigenvalue weighted by molar-refractivity contribution is 5.94. The number of amides is 7. The summed E-state index contributed by atoms with van der Waals surface area (Å²) in [6.07, 6.45) is 1.64. The third-order valence-electron chi connectivity index (χ3n) is 5.10. The second-order valence-electron chi connectivity index (χ2n) is 8.15. The molecular formula is C20H35N7O8. The van der Waals surface area contributed by atoms with Gasteiger partial charge < -0.3 is 37.2 Å². The smallest absolute Gasteiger partial charge is 0.316 e. The number of aliphatic hydroxyl groups is 2. The standard InChI is InChI=1S/C20H35N7O8/c1-11(29)16-19(34)27-26-18(33)12(9-14(21)30)23-20(35)24-13(10-28)17(32)22-8-6-4-2-3-5-7-15(31)25-16/h11-13,16,28-29H,2-10H2,1H3,(H2,21,30)(H,22,32)(H,25,31)(H,26,33)(H,27,34)(H2,23,24,35)/t11-,12+,13+,16?/m0/s1. The Kier molecular flexibility index (Phi) is 13.0. The Bertz CT molecular complexity index is 777. The number of aliphatic hydroxyl groups excluding tert-OH is 2. The SMILES string of the molecule is C[C@H](O)C1NC(=O)CCCCCCCNC(=O)[C@@H](CO)NC(=O)N[C@H](CC(N)=O)C(=O)NNC1=O. The Morgan fingerprint density at radius 3 is 2.14 bits per heavy atom. The number of primary amides is 1. The van der Waals surface area contributed by atoms with Crippen molar-refractivity contribution in [3.8, 4) is 0 Å². The van der Waals surface area contributed by atoms with Crippen molar-refractivity contribution in [1.82, 2.24) is 32.1 Å². The molecule has 0 saturated carbocycles. The predicted octanol–water partition coefficient (Wildman–Crippen LogP) is -3.63. The van der Waals surface area contributed by atoms with Gasteiger partial charge in [-0.05, 0) is 19.8 Å². The zero-order valence-corrected chi connectivity index (χ0v) is 19.6. The van der Waals surface area contributed by atoms with Crippen molar-refractivity contribution in [2.24, 2.45) is 5.73 Å². The van der Waals surface area contributed by atoms with Crippen LogP contribution in [0, 0.1) is 0 Å². The van der Waals surface area contributed by atoms with Crippen LogP contribution < -0.4 is 37.9 Å². The summed E-state index contributed by atoms with van der Waals surface area (Å²) in [5.41, 5.74) is 9.13. The van der Waals surface area contributed by atoms with E-state index in [4.69, 9.17) is 5.73 Å². The molecule has 1 aliphatic heterocycles. The summed E-state index contributed by atoms with van der Waals surface area (Å²) in [6, 6.07) is -5.29. The molecule has 15 heteroatoms. The highest BCUT2D eigenvalue weighted by Gasteiger charge is 2.29. The number of rotatable bonds is 4. The molecule has 15 nitrogen and oxygen atoms in total. The molecule has 35 heavy (non-hydrogen) atoms. The third-order valence-corrected chi connectivity index (χ3v) is 5.10. The highest BCUT2D eigenvalue weighted by Crippen LogP contribution is 2.06. The topological polar surface area (TPSA) is 241 Å². The van der Waals surface area contributed by atoms with E-state index in [-0.39, 0.29) is 6.42 Å². The first-order valence-corrected chi connectivity index (χ1v) is 11.4. The maximum absolute atomic E-state index is 12.5. The fourth-order valence-corrected chi connectivity index (χ4v) is 3.18. The first-order chi connectivity index (χ1) is 16.5. The van der Waals surface area contributed by atoms with Crippen molar-refractivity contribution in [3.63, 3.8) is 0 Å². The van der Waals surface area contributed by atoms with Gasteiger partial charge >= 0.3 is 6.03 Å². The molecule has 198 valence electrons. The summed E-state index contributed by atoms with van der Waals surface area (Å²) in [4.78, 5) is 72.9. The largest absolute Gasteiger partial charge is 0.394 e. The van der Waals surface area contributed by atoms with Gasteiger partial charge in [-0.25, -0.2) is 4.79 Å². The summed E-state index contributed by atoms with van der Waals surface area (Å²) in [5, 5.41) is 28.6. The van der Waals surface area contributed by atoms with Crippen LogP contribution in [0.1, 0.15) is 51.9 Å². The fourth-order valence-electron chi connectivity index (χ4n) is 3.18. The number of hydrogen-bond donors (Lipinski definition) is 9. The van der Waals surface area contributed by atoms with E-state index in [0.717, 1.165) is 19.3 Å². The van der Waals surface area contributed by atoms with E-state index in [1.807, 2.05) is 10.9 Å². The van der Waals surface area contributed by atoms with Gasteiger partial charge in [-0.1, -0.05) is 19.3 Å². The van der Waals surface area contributed by atoms with Crippen molar-refractivity contribution in [2.45, 2.75) is 76.1 Å². The van der Waals surface area contributed by atoms with Crippen LogP contribution in [-0.2, 0) is 24.0 Å². The Hall–Kier alpha value is -3.46. The molecule has 1 saturated heterocycles. The van der Waals surface area contributed by atoms with Gasteiger partial charge in [0.15, 0.2) is 0 Å². The summed E-state index contributed by atoms with van der Waals surface area (Å²) >= 11 is 0. The molecular weight excluding hydrogens is 466 g/mol. The first-order valence-electron chi connectivity index (χ1n) is 11.4. The van der Waals surface area contributed by atoms with Gasteiger partial charge in [0.25, 0.3) is 11.8 Å². The van der Waals surface area contributed by atoms with Crippen LogP contribution in [0.25, 0.3) is 0 Å². The zero-order valence-electron chi connectivity index (χ0n) is 19.6. The summed E-state index contributed by atoms with van der Waals surface area (Å²) in [5.74, 6) is -4.04. The van der Waals surface area contributed by atoms with E-state index in [0.29, 0.717) is 19.4 Å². The molecule has 0 aromatic carbocycles. The lowest BCUT2D eigenvalue weighted by Gasteiger charge is -2.23. The molecule has 7 amide bonds. The van der Waals surface area contributed by atoms with Gasteiger partial charge in [-0.3, -0.25) is 34.8 Å². The average Bonchev–Trinajstić information content (AvgIpc) is 2.79. The van der Waals surface area contributed by atoms with Crippen LogP contribution in [0.2, 0.25) is 0 Å². The van der Waals surface area contributed by atoms with Gasteiger partial charge in [0.05, 0.1) is 19.1 Å². The summed E-state index contributed by atoms with van der Waals surface area (Å²) < 4.78 is 0. The number of hydrazine groups is 1. The van der Waals surface area contributed by atoms with Crippen LogP contribution in [0.5, 0.6) is 0 Å². The van der Waals surface area contributed by atoms with Crippen LogP contribution in [-0.4, -0.2) is 83.2 Å². The second-order valence-corrected chi connectivity index (χ2v) is 8.15. The Balaban J connectivity index is 2.99. The number of urea groups is 1. The highest BCUT2D eigenvalue weighted by atomic mass is 16.3. The van der Waals surface area contributed by atoms with Crippen molar-refractivity contribution in [1.29, 1.82) is 0 Å². The monoisotopic (exact) mass is 501 g/mol. The normalized spacial score (nSPS) is 25.3. The molecule has 0 aliphatic carbocycles. The molecule has 4 atom stereocenters. The minimum Gasteiger partial charge on any atom is -0.394 e. The minimum atomic E-state index is -1.55. The van der Waals surface area contributed by atoms with Gasteiger partial charge in [-0.2, -0.15) is 0 Å². The maximum Gasteiger partial charge on any atom is 0.316 e. The van der Waals surface area contributed by atoms with E-state index in [1.54, 1.807) is 0 Å². The summed E-state index contributed by atoms with van der Waals surface area (Å²) in [7, 11) is 0. The number of carbonyl (C=O) groups is 6. The number of nitrogens with one attached hydrogen (secondary N) is 6. The molecule has 0 aromatic rings. The van der Waals surface area contributed by atoms with Gasteiger partial charge in [0, 0.05) is 13.0 Å². The second kappa shape index (κ2) is 15.4. The van der Waals surface area contributed by atoms with Crippen LogP contribution in [0.4, 0.5) is 4.79 Å². The average molecular weight is 502 g/mol. The maximum atomic E-state index is 12.5. The Morgan fingerprint density at radius 1 is 0.914 bits per heavy atom. The number of nitrogens with two attached hydrogens (primary N) is 1. The minimum absolute atomic E-state index is 0.121. The molecule has 0 bridgehead atoms. The molecule has 0 spiro atoms. The van der Waals surface area contributed by atoms with E-state index in [9.17, 15) is 39.0 Å². The van der Waals surface area contributed by atoms with E-state index < -0.39 is 72.8 Å². The number of carbonyl (C=O) groups excluding carboxylic acids is 6. The molecule has 0 radical (unpaired) electrons. The van der Waals surface area contributed by atoms with Crippen LogP contribution in [0.3, 0.4) is 0 Å².